The summed E-state index contributed by atoms with van der Waals surface area (Å²) < 4.78 is 37.2. The minimum absolute atomic E-state index is 0.101. The molecule has 240 valence electrons. The summed E-state index contributed by atoms with van der Waals surface area (Å²) in [5.41, 5.74) is 6.16. The van der Waals surface area contributed by atoms with Crippen LogP contribution in [0.5, 0.6) is 0 Å². The third-order valence-electron chi connectivity index (χ3n) is 9.04. The molecule has 6 radical (unpaired) electrons. The zero-order valence-electron chi connectivity index (χ0n) is 26.7. The van der Waals surface area contributed by atoms with E-state index in [-0.39, 0.29) is 50.6 Å². The van der Waals surface area contributed by atoms with Crippen LogP contribution in [0.15, 0.2) is 12.4 Å². The van der Waals surface area contributed by atoms with E-state index in [9.17, 15) is 9.65 Å². The summed E-state index contributed by atoms with van der Waals surface area (Å²) >= 11 is 0.965. The molecule has 3 atom stereocenters. The van der Waals surface area contributed by atoms with Crippen molar-refractivity contribution in [1.82, 2.24) is 15.0 Å². The number of unbranched alkanes of at least 4 members (excludes halogenated alkanes) is 3. The van der Waals surface area contributed by atoms with E-state index in [1.165, 1.54) is 19.3 Å². The third-order valence-corrected chi connectivity index (χ3v) is 10.1. The lowest BCUT2D eigenvalue weighted by atomic mass is 9.50. The van der Waals surface area contributed by atoms with Crippen molar-refractivity contribution in [3.8, 4) is 17.3 Å². The van der Waals surface area contributed by atoms with E-state index in [1.54, 1.807) is 6.20 Å². The van der Waals surface area contributed by atoms with Crippen LogP contribution in [0.1, 0.15) is 76.0 Å². The number of nitrogens with zero attached hydrogens (tertiary/aromatic N) is 5. The smallest absolute Gasteiger partial charge is 0.226 e. The van der Waals surface area contributed by atoms with Gasteiger partial charge in [0.1, 0.15) is 40.1 Å². The van der Waals surface area contributed by atoms with Crippen molar-refractivity contribution < 1.29 is 23.7 Å². The largest absolute Gasteiger partial charge is 0.407 e. The summed E-state index contributed by atoms with van der Waals surface area (Å²) in [5, 5.41) is 25.7. The molecule has 47 heavy (non-hydrogen) atoms. The van der Waals surface area contributed by atoms with E-state index in [2.05, 4.69) is 29.8 Å². The number of halogens is 2. The van der Waals surface area contributed by atoms with Gasteiger partial charge in [0.25, 0.3) is 0 Å². The molecule has 0 spiro atoms. The van der Waals surface area contributed by atoms with Gasteiger partial charge in [-0.05, 0) is 36.8 Å². The Morgan fingerprint density at radius 2 is 1.85 bits per heavy atom. The van der Waals surface area contributed by atoms with Crippen LogP contribution in [0.2, 0.25) is 0 Å². The fourth-order valence-corrected chi connectivity index (χ4v) is 7.08. The molecule has 5 heterocycles. The fourth-order valence-electron chi connectivity index (χ4n) is 6.15. The lowest BCUT2D eigenvalue weighted by Gasteiger charge is -2.33. The molecule has 2 aliphatic heterocycles. The number of aliphatic hydroxyl groups is 2. The molecule has 0 amide bonds. The number of fused-ring (bicyclic) bond motifs is 4. The average molecular weight is 654 g/mol. The summed E-state index contributed by atoms with van der Waals surface area (Å²) in [6.07, 6.45) is 9.62. The van der Waals surface area contributed by atoms with Crippen LogP contribution < -0.4 is 10.6 Å². The Morgan fingerprint density at radius 1 is 1.15 bits per heavy atom. The van der Waals surface area contributed by atoms with Crippen molar-refractivity contribution in [2.24, 2.45) is 5.92 Å². The molecule has 0 saturated carbocycles. The summed E-state index contributed by atoms with van der Waals surface area (Å²) in [7, 11) is 14.4. The van der Waals surface area contributed by atoms with Crippen molar-refractivity contribution >= 4 is 66.8 Å². The van der Waals surface area contributed by atoms with Crippen LogP contribution in [0, 0.1) is 28.9 Å². The highest BCUT2D eigenvalue weighted by atomic mass is 32.1. The number of nitriles is 1. The molecular formula is C32H35B3F2N6O3S. The lowest BCUT2D eigenvalue weighted by Crippen LogP contribution is -2.53. The number of hydrogen-bond acceptors (Lipinski definition) is 10. The Labute approximate surface area is 280 Å². The van der Waals surface area contributed by atoms with Gasteiger partial charge in [-0.15, -0.1) is 11.3 Å². The number of ether oxygens (including phenoxy) is 1. The van der Waals surface area contributed by atoms with Gasteiger partial charge in [-0.1, -0.05) is 39.5 Å². The number of rotatable bonds is 8. The number of pyridine rings is 1. The summed E-state index contributed by atoms with van der Waals surface area (Å²) in [6, 6.07) is 2.36. The van der Waals surface area contributed by atoms with Gasteiger partial charge in [0.2, 0.25) is 5.95 Å². The van der Waals surface area contributed by atoms with Crippen LogP contribution >= 0.6 is 11.3 Å². The Morgan fingerprint density at radius 3 is 2.51 bits per heavy atom. The predicted molar refractivity (Wildman–Crippen MR) is 182 cm³/mol. The van der Waals surface area contributed by atoms with Crippen molar-refractivity contribution in [1.29, 1.82) is 5.26 Å². The minimum atomic E-state index is -2.23. The average Bonchev–Trinajstić information content (AvgIpc) is 3.73. The molecule has 1 aromatic carbocycles. The van der Waals surface area contributed by atoms with Gasteiger partial charge in [0.15, 0.2) is 11.6 Å². The molecule has 6 rings (SSSR count). The van der Waals surface area contributed by atoms with Crippen molar-refractivity contribution in [2.75, 3.05) is 17.2 Å². The molecule has 1 saturated heterocycles. The number of nitrogens with two attached hydrogens (primary N) is 1. The second-order valence-electron chi connectivity index (χ2n) is 12.5. The van der Waals surface area contributed by atoms with E-state index in [1.807, 2.05) is 0 Å². The van der Waals surface area contributed by atoms with Crippen LogP contribution in [0.3, 0.4) is 0 Å². The number of nitrogen functional groups attached to an aromatic ring is 1. The van der Waals surface area contributed by atoms with Crippen molar-refractivity contribution in [2.45, 2.75) is 89.5 Å². The summed E-state index contributed by atoms with van der Waals surface area (Å²) in [5.74, 6) is -0.145. The van der Waals surface area contributed by atoms with Gasteiger partial charge in [0.05, 0.1) is 35.4 Å². The molecule has 0 bridgehead atoms. The van der Waals surface area contributed by atoms with E-state index in [0.717, 1.165) is 55.8 Å². The normalized spacial score (nSPS) is 19.0. The Balaban J connectivity index is 0.000000483. The standard InChI is InChI=1S/C29H30F2N6OS.C3H5B3O2/c1-3-4-5-6-7-21-15(2)8-9-37(21)29-35-11-17-18-13-38-14-19(18)22(24(31)25(17)36-29)26-23-16(10-32)28(33)39-27(23)20(30)12-34-26;1-2(4,7)3(5,6)8/h11-12,15,21H,3-9,13-14,33H2,1-2H3;7-8H,1H3. The van der Waals surface area contributed by atoms with Crippen LogP contribution in [0.25, 0.3) is 32.2 Å². The zero-order valence-corrected chi connectivity index (χ0v) is 27.5. The van der Waals surface area contributed by atoms with E-state index < -0.39 is 22.5 Å². The number of aromatic nitrogens is 3. The second kappa shape index (κ2) is 13.7. The predicted octanol–water partition coefficient (Wildman–Crippen LogP) is 4.70. The maximum absolute atomic E-state index is 16.6. The van der Waals surface area contributed by atoms with Crippen LogP contribution in [-0.4, -0.2) is 72.2 Å². The number of benzene rings is 1. The molecule has 0 aliphatic carbocycles. The zero-order chi connectivity index (χ0) is 34.3. The van der Waals surface area contributed by atoms with E-state index >= 15 is 4.39 Å². The van der Waals surface area contributed by atoms with E-state index in [0.29, 0.717) is 28.9 Å². The quantitative estimate of drug-likeness (QED) is 0.182. The van der Waals surface area contributed by atoms with Gasteiger partial charge in [-0.3, -0.25) is 4.98 Å². The molecule has 1 fully saturated rings. The van der Waals surface area contributed by atoms with Crippen molar-refractivity contribution in [3.05, 3.63) is 40.7 Å². The highest BCUT2D eigenvalue weighted by molar-refractivity contribution is 7.23. The highest BCUT2D eigenvalue weighted by Gasteiger charge is 2.34. The van der Waals surface area contributed by atoms with Crippen molar-refractivity contribution in [3.63, 3.8) is 0 Å². The minimum Gasteiger partial charge on any atom is -0.407 e. The number of thiophene rings is 1. The topological polar surface area (TPSA) is 141 Å². The van der Waals surface area contributed by atoms with Gasteiger partial charge in [-0.25, -0.2) is 18.7 Å². The number of anilines is 2. The fraction of sp³-hybridized carbons (Fsp3) is 0.500. The lowest BCUT2D eigenvalue weighted by molar-refractivity contribution is 0.0197. The molecule has 2 aliphatic rings. The molecule has 15 heteroatoms. The van der Waals surface area contributed by atoms with Gasteiger partial charge >= 0.3 is 0 Å². The molecule has 3 aromatic heterocycles. The van der Waals surface area contributed by atoms with Crippen LogP contribution in [0.4, 0.5) is 19.7 Å². The first-order valence-electron chi connectivity index (χ1n) is 15.6. The first-order valence-corrected chi connectivity index (χ1v) is 16.4. The maximum Gasteiger partial charge on any atom is 0.226 e. The first kappa shape index (κ1) is 35.0. The maximum atomic E-state index is 16.6. The summed E-state index contributed by atoms with van der Waals surface area (Å²) in [6.45, 7) is 6.85. The third kappa shape index (κ3) is 6.70. The molecule has 4 N–H and O–H groups in total. The Bertz CT molecular complexity index is 1830. The Kier molecular flexibility index (Phi) is 10.2. The molecular weight excluding hydrogens is 619 g/mol. The first-order chi connectivity index (χ1) is 22.2. The SMILES string of the molecule is CCCCCCC1C(C)CCN1c1ncc2c3c(c(-c4ncc(F)c5sc(N)c(C#N)c45)c(F)c2n1)COC3.[B]C([B])(O)C([B])(C)O. The molecule has 3 unspecified atom stereocenters. The molecule has 4 aromatic rings. The molecule has 9 nitrogen and oxygen atoms in total. The van der Waals surface area contributed by atoms with Gasteiger partial charge in [-0.2, -0.15) is 5.26 Å². The highest BCUT2D eigenvalue weighted by Crippen LogP contribution is 2.45. The Hall–Kier alpha value is -3.31. The second-order valence-corrected chi connectivity index (χ2v) is 13.6. The monoisotopic (exact) mass is 654 g/mol. The van der Waals surface area contributed by atoms with Crippen LogP contribution in [-0.2, 0) is 18.0 Å². The summed E-state index contributed by atoms with van der Waals surface area (Å²) in [4.78, 5) is 16.0. The van der Waals surface area contributed by atoms with Gasteiger partial charge < -0.3 is 25.6 Å². The van der Waals surface area contributed by atoms with Gasteiger partial charge in [0, 0.05) is 46.0 Å². The van der Waals surface area contributed by atoms with E-state index in [4.69, 9.17) is 54.2 Å². The number of hydrogen-bond donors (Lipinski definition) is 3.